The molecule has 218 valence electrons. The summed E-state index contributed by atoms with van der Waals surface area (Å²) in [7, 11) is 1.88. The highest BCUT2D eigenvalue weighted by atomic mass is 35.5. The van der Waals surface area contributed by atoms with E-state index in [4.69, 9.17) is 16.3 Å². The molecule has 2 N–H and O–H groups in total. The standard InChI is InChI=1S/C35H40ClN5O/c1-24(37-4)31-10-9-29(20-33(31)42-30-19-26-12-14-38-34(26)39-22-30)41-17-15-40(16-18-41)23-27-11-13-35(2,3)21-32(27)25-5-7-28(36)8-6-25/h5-10,12,14,19-20,22,37H,1,11,13,15-18,21,23H2,2-4H3,(H,38,39). The Bertz CT molecular complexity index is 1610. The number of aromatic amines is 1. The molecule has 0 amide bonds. The van der Waals surface area contributed by atoms with Gasteiger partial charge in [0.1, 0.15) is 17.1 Å². The largest absolute Gasteiger partial charge is 0.455 e. The average molecular weight is 582 g/mol. The zero-order valence-corrected chi connectivity index (χ0v) is 25.6. The second kappa shape index (κ2) is 11.9. The van der Waals surface area contributed by atoms with Crippen LogP contribution in [-0.4, -0.2) is 54.6 Å². The van der Waals surface area contributed by atoms with Gasteiger partial charge in [-0.1, -0.05) is 49.7 Å². The van der Waals surface area contributed by atoms with Crippen LogP contribution in [0, 0.1) is 5.41 Å². The first-order chi connectivity index (χ1) is 20.3. The molecule has 1 aliphatic carbocycles. The molecule has 2 aromatic heterocycles. The summed E-state index contributed by atoms with van der Waals surface area (Å²) in [6, 6.07) is 18.8. The van der Waals surface area contributed by atoms with E-state index in [-0.39, 0.29) is 0 Å². The molecule has 42 heavy (non-hydrogen) atoms. The van der Waals surface area contributed by atoms with Crippen molar-refractivity contribution >= 4 is 39.6 Å². The van der Waals surface area contributed by atoms with Gasteiger partial charge >= 0.3 is 0 Å². The molecule has 0 spiro atoms. The molecule has 1 fully saturated rings. The van der Waals surface area contributed by atoms with Gasteiger partial charge in [-0.3, -0.25) is 4.90 Å². The number of anilines is 1. The summed E-state index contributed by atoms with van der Waals surface area (Å²) in [6.45, 7) is 14.0. The predicted octanol–water partition coefficient (Wildman–Crippen LogP) is 7.98. The number of benzene rings is 2. The van der Waals surface area contributed by atoms with E-state index in [9.17, 15) is 0 Å². The van der Waals surface area contributed by atoms with Crippen LogP contribution >= 0.6 is 11.6 Å². The number of ether oxygens (including phenoxy) is 1. The number of allylic oxidation sites excluding steroid dienone is 1. The summed E-state index contributed by atoms with van der Waals surface area (Å²) in [5, 5.41) is 4.99. The van der Waals surface area contributed by atoms with E-state index in [1.807, 2.05) is 37.5 Å². The Balaban J connectivity index is 1.18. The summed E-state index contributed by atoms with van der Waals surface area (Å²) < 4.78 is 6.41. The molecule has 3 heterocycles. The zero-order valence-electron chi connectivity index (χ0n) is 24.8. The maximum Gasteiger partial charge on any atom is 0.146 e. The normalized spacial score (nSPS) is 17.5. The van der Waals surface area contributed by atoms with Crippen molar-refractivity contribution < 1.29 is 4.74 Å². The highest BCUT2D eigenvalue weighted by Crippen LogP contribution is 2.43. The van der Waals surface area contributed by atoms with E-state index in [0.29, 0.717) is 11.2 Å². The number of aromatic nitrogens is 2. The van der Waals surface area contributed by atoms with Gasteiger partial charge in [-0.15, -0.1) is 0 Å². The Morgan fingerprint density at radius 2 is 1.86 bits per heavy atom. The third kappa shape index (κ3) is 6.20. The molecule has 2 aliphatic rings. The number of piperazine rings is 1. The van der Waals surface area contributed by atoms with Gasteiger partial charge in [0.2, 0.25) is 0 Å². The van der Waals surface area contributed by atoms with Crippen molar-refractivity contribution in [3.05, 3.63) is 95.3 Å². The van der Waals surface area contributed by atoms with Crippen molar-refractivity contribution in [3.63, 3.8) is 0 Å². The molecule has 0 radical (unpaired) electrons. The summed E-state index contributed by atoms with van der Waals surface area (Å²) in [4.78, 5) is 12.7. The molecule has 0 bridgehead atoms. The lowest BCUT2D eigenvalue weighted by Crippen LogP contribution is -2.47. The van der Waals surface area contributed by atoms with Crippen molar-refractivity contribution in [1.82, 2.24) is 20.2 Å². The quantitative estimate of drug-likeness (QED) is 0.221. The highest BCUT2D eigenvalue weighted by Gasteiger charge is 2.29. The molecule has 6 rings (SSSR count). The Morgan fingerprint density at radius 3 is 2.62 bits per heavy atom. The number of rotatable bonds is 8. The van der Waals surface area contributed by atoms with Gasteiger partial charge in [-0.25, -0.2) is 4.98 Å². The van der Waals surface area contributed by atoms with E-state index in [1.54, 1.807) is 11.8 Å². The number of hydrogen-bond donors (Lipinski definition) is 2. The van der Waals surface area contributed by atoms with Crippen LogP contribution in [0.15, 0.2) is 79.1 Å². The third-order valence-corrected chi connectivity index (χ3v) is 8.98. The van der Waals surface area contributed by atoms with Crippen LogP contribution in [0.25, 0.3) is 22.3 Å². The number of hydrogen-bond acceptors (Lipinski definition) is 5. The second-order valence-electron chi connectivity index (χ2n) is 12.3. The van der Waals surface area contributed by atoms with Crippen LogP contribution < -0.4 is 15.0 Å². The lowest BCUT2D eigenvalue weighted by molar-refractivity contribution is 0.264. The maximum atomic E-state index is 6.41. The van der Waals surface area contributed by atoms with Gasteiger partial charge in [0.25, 0.3) is 0 Å². The third-order valence-electron chi connectivity index (χ3n) is 8.73. The summed E-state index contributed by atoms with van der Waals surface area (Å²) >= 11 is 6.21. The lowest BCUT2D eigenvalue weighted by atomic mass is 9.72. The van der Waals surface area contributed by atoms with E-state index >= 15 is 0 Å². The molecule has 7 heteroatoms. The first-order valence-corrected chi connectivity index (χ1v) is 15.2. The van der Waals surface area contributed by atoms with E-state index in [0.717, 1.165) is 84.3 Å². The number of nitrogens with one attached hydrogen (secondary N) is 2. The van der Waals surface area contributed by atoms with Crippen LogP contribution in [-0.2, 0) is 0 Å². The SMILES string of the molecule is C=C(NC)c1ccc(N2CCN(CC3=C(c4ccc(Cl)cc4)CC(C)(C)CC3)CC2)cc1Oc1cnc2[nH]ccc2c1. The Kier molecular flexibility index (Phi) is 8.02. The van der Waals surface area contributed by atoms with Gasteiger partial charge in [0.15, 0.2) is 0 Å². The van der Waals surface area contributed by atoms with Crippen molar-refractivity contribution in [2.45, 2.75) is 33.1 Å². The fourth-order valence-corrected chi connectivity index (χ4v) is 6.30. The van der Waals surface area contributed by atoms with Gasteiger partial charge in [-0.2, -0.15) is 0 Å². The smallest absolute Gasteiger partial charge is 0.146 e. The number of nitrogens with zero attached hydrogens (tertiary/aromatic N) is 3. The number of pyridine rings is 1. The first kappa shape index (κ1) is 28.4. The summed E-state index contributed by atoms with van der Waals surface area (Å²) in [6.07, 6.45) is 7.16. The van der Waals surface area contributed by atoms with Crippen LogP contribution in [0.4, 0.5) is 5.69 Å². The Labute approximate surface area is 254 Å². The van der Waals surface area contributed by atoms with Crippen LogP contribution in [0.1, 0.15) is 44.2 Å². The maximum absolute atomic E-state index is 6.41. The van der Waals surface area contributed by atoms with Crippen LogP contribution in [0.2, 0.25) is 5.02 Å². The Morgan fingerprint density at radius 1 is 1.07 bits per heavy atom. The second-order valence-corrected chi connectivity index (χ2v) is 12.7. The number of H-pyrrole nitrogens is 1. The van der Waals surface area contributed by atoms with E-state index < -0.39 is 0 Å². The van der Waals surface area contributed by atoms with Crippen molar-refractivity contribution in [3.8, 4) is 11.5 Å². The molecule has 0 atom stereocenters. The van der Waals surface area contributed by atoms with Gasteiger partial charge in [0.05, 0.1) is 6.20 Å². The fraction of sp³-hybridized carbons (Fsp3) is 0.343. The first-order valence-electron chi connectivity index (χ1n) is 14.8. The monoisotopic (exact) mass is 581 g/mol. The molecule has 0 saturated carbocycles. The molecule has 1 saturated heterocycles. The van der Waals surface area contributed by atoms with Crippen molar-refractivity contribution in [1.29, 1.82) is 0 Å². The molecule has 2 aromatic carbocycles. The molecule has 1 aliphatic heterocycles. The number of fused-ring (bicyclic) bond motifs is 1. The van der Waals surface area contributed by atoms with Crippen molar-refractivity contribution in [2.24, 2.45) is 5.41 Å². The predicted molar refractivity (Wildman–Crippen MR) is 175 cm³/mol. The van der Waals surface area contributed by atoms with E-state index in [2.05, 4.69) is 75.8 Å². The van der Waals surface area contributed by atoms with Gasteiger partial charge in [-0.05, 0) is 72.2 Å². The van der Waals surface area contributed by atoms with Crippen LogP contribution in [0.3, 0.4) is 0 Å². The molecule has 0 unspecified atom stereocenters. The fourth-order valence-electron chi connectivity index (χ4n) is 6.18. The number of halogens is 1. The van der Waals surface area contributed by atoms with Crippen molar-refractivity contribution in [2.75, 3.05) is 44.7 Å². The molecular weight excluding hydrogens is 542 g/mol. The molecule has 6 nitrogen and oxygen atoms in total. The highest BCUT2D eigenvalue weighted by molar-refractivity contribution is 6.30. The summed E-state index contributed by atoms with van der Waals surface area (Å²) in [5.41, 5.74) is 8.51. The van der Waals surface area contributed by atoms with Gasteiger partial charge < -0.3 is 19.9 Å². The zero-order chi connectivity index (χ0) is 29.3. The lowest BCUT2D eigenvalue weighted by Gasteiger charge is -2.39. The van der Waals surface area contributed by atoms with E-state index in [1.165, 1.54) is 17.6 Å². The average Bonchev–Trinajstić information content (AvgIpc) is 3.46. The minimum absolute atomic E-state index is 0.325. The topological polar surface area (TPSA) is 56.4 Å². The minimum Gasteiger partial charge on any atom is -0.455 e. The minimum atomic E-state index is 0.325. The molecule has 4 aromatic rings. The summed E-state index contributed by atoms with van der Waals surface area (Å²) in [5.74, 6) is 1.48. The van der Waals surface area contributed by atoms with Gasteiger partial charge in [0, 0.05) is 79.4 Å². The Hall–Kier alpha value is -3.74. The molecular formula is C35H40ClN5O. The van der Waals surface area contributed by atoms with Crippen LogP contribution in [0.5, 0.6) is 11.5 Å².